The number of rotatable bonds is 6. The van der Waals surface area contributed by atoms with E-state index in [9.17, 15) is 19.5 Å². The molecule has 1 aromatic carbocycles. The van der Waals surface area contributed by atoms with E-state index < -0.39 is 12.1 Å². The summed E-state index contributed by atoms with van der Waals surface area (Å²) in [5.41, 5.74) is 1.61. The number of fused-ring (bicyclic) bond motifs is 2. The van der Waals surface area contributed by atoms with E-state index in [0.717, 1.165) is 31.9 Å². The lowest BCUT2D eigenvalue weighted by Crippen LogP contribution is -2.56. The van der Waals surface area contributed by atoms with Gasteiger partial charge in [0.1, 0.15) is 11.8 Å². The number of ether oxygens (including phenoxy) is 2. The molecule has 2 saturated carbocycles. The maximum absolute atomic E-state index is 13.6. The molecule has 5 rings (SSSR count). The van der Waals surface area contributed by atoms with Gasteiger partial charge in [0.05, 0.1) is 38.0 Å². The summed E-state index contributed by atoms with van der Waals surface area (Å²) >= 11 is 0. The lowest BCUT2D eigenvalue weighted by Gasteiger charge is -2.38. The number of aliphatic hydroxyl groups excluding tert-OH is 1. The predicted octanol–water partition coefficient (Wildman–Crippen LogP) is 1.33. The Labute approximate surface area is 217 Å². The first kappa shape index (κ1) is 25.8. The van der Waals surface area contributed by atoms with Crippen molar-refractivity contribution in [2.24, 2.45) is 17.8 Å². The third kappa shape index (κ3) is 4.88. The Balaban J connectivity index is 1.31. The maximum atomic E-state index is 13.6. The van der Waals surface area contributed by atoms with Crippen molar-refractivity contribution >= 4 is 29.2 Å². The third-order valence-corrected chi connectivity index (χ3v) is 8.79. The number of piperidine rings is 1. The number of amides is 2. The number of carbonyl (C=O) groups is 3. The number of carbonyl (C=O) groups excluding carboxylic acids is 3. The van der Waals surface area contributed by atoms with Gasteiger partial charge in [0.25, 0.3) is 0 Å². The van der Waals surface area contributed by atoms with Gasteiger partial charge in [-0.3, -0.25) is 14.4 Å². The Kier molecular flexibility index (Phi) is 7.31. The minimum absolute atomic E-state index is 0.0997. The number of methoxy groups -OCH3 is 2. The number of hydrogen-bond donors (Lipinski definition) is 2. The second-order valence-electron chi connectivity index (χ2n) is 11.0. The number of benzene rings is 1. The van der Waals surface area contributed by atoms with Crippen LogP contribution in [-0.4, -0.2) is 98.3 Å². The maximum Gasteiger partial charge on any atom is 0.308 e. The summed E-state index contributed by atoms with van der Waals surface area (Å²) in [5.74, 6) is -0.863. The number of nitrogens with one attached hydrogen (secondary N) is 1. The average Bonchev–Trinajstić information content (AvgIpc) is 3.63. The predicted molar refractivity (Wildman–Crippen MR) is 137 cm³/mol. The number of likely N-dealkylation sites (N-methyl/N-ethyl adjacent to an activating group) is 1. The van der Waals surface area contributed by atoms with Crippen molar-refractivity contribution in [1.82, 2.24) is 9.80 Å². The van der Waals surface area contributed by atoms with Crippen molar-refractivity contribution < 1.29 is 29.0 Å². The number of aliphatic hydroxyl groups is 1. The molecule has 10 heteroatoms. The summed E-state index contributed by atoms with van der Waals surface area (Å²) in [6.45, 7) is 3.83. The topological polar surface area (TPSA) is 112 Å². The van der Waals surface area contributed by atoms with Gasteiger partial charge in [0.2, 0.25) is 11.8 Å². The largest absolute Gasteiger partial charge is 0.494 e. The lowest BCUT2D eigenvalue weighted by molar-refractivity contribution is -0.148. The van der Waals surface area contributed by atoms with Crippen LogP contribution >= 0.6 is 0 Å². The number of hydrogen-bond acceptors (Lipinski definition) is 8. The second-order valence-corrected chi connectivity index (χ2v) is 11.0. The standard InChI is InChI=1S/C27H38N4O6/c1-29-8-10-30(11-9-29)19-6-7-20(23(15-19)36-2)28-25(33)24-18-13-21(22(32)14-18)31(24)26(34)16-4-5-17(12-16)27(35)37-3/h6-7,15-18,21-22,24,32H,4-5,8-14H2,1-3H3,(H,28,33)/t16?,17?,18?,21?,22-,24+/m1/s1. The molecule has 4 unspecified atom stereocenters. The van der Waals surface area contributed by atoms with E-state index in [1.165, 1.54) is 7.11 Å². The highest BCUT2D eigenvalue weighted by molar-refractivity contribution is 5.99. The van der Waals surface area contributed by atoms with E-state index in [1.54, 1.807) is 12.0 Å². The van der Waals surface area contributed by atoms with Crippen molar-refractivity contribution in [3.05, 3.63) is 18.2 Å². The van der Waals surface area contributed by atoms with Crippen LogP contribution in [0, 0.1) is 17.8 Å². The third-order valence-electron chi connectivity index (χ3n) is 8.79. The van der Waals surface area contributed by atoms with Crippen LogP contribution in [-0.2, 0) is 19.1 Å². The highest BCUT2D eigenvalue weighted by atomic mass is 16.5. The van der Waals surface area contributed by atoms with Crippen molar-refractivity contribution in [2.75, 3.05) is 57.7 Å². The summed E-state index contributed by atoms with van der Waals surface area (Å²) in [7, 11) is 5.06. The van der Waals surface area contributed by atoms with Crippen LogP contribution in [0.1, 0.15) is 32.1 Å². The van der Waals surface area contributed by atoms with E-state index in [1.807, 2.05) is 18.2 Å². The highest BCUT2D eigenvalue weighted by Crippen LogP contribution is 2.46. The molecular weight excluding hydrogens is 476 g/mol. The molecule has 2 saturated heterocycles. The fourth-order valence-electron chi connectivity index (χ4n) is 6.71. The Morgan fingerprint density at radius 3 is 2.43 bits per heavy atom. The number of piperazine rings is 1. The fourth-order valence-corrected chi connectivity index (χ4v) is 6.71. The van der Waals surface area contributed by atoms with E-state index in [4.69, 9.17) is 9.47 Å². The van der Waals surface area contributed by atoms with Crippen LogP contribution < -0.4 is 15.0 Å². The first-order chi connectivity index (χ1) is 17.8. The van der Waals surface area contributed by atoms with Gasteiger partial charge in [0.15, 0.2) is 0 Å². The van der Waals surface area contributed by atoms with Crippen LogP contribution in [0.25, 0.3) is 0 Å². The molecule has 2 aliphatic heterocycles. The molecule has 4 fully saturated rings. The Morgan fingerprint density at radius 2 is 1.73 bits per heavy atom. The fraction of sp³-hybridized carbons (Fsp3) is 0.667. The van der Waals surface area contributed by atoms with Crippen LogP contribution in [0.15, 0.2) is 18.2 Å². The summed E-state index contributed by atoms with van der Waals surface area (Å²) in [6, 6.07) is 4.77. The molecule has 0 spiro atoms. The van der Waals surface area contributed by atoms with Crippen molar-refractivity contribution in [3.63, 3.8) is 0 Å². The van der Waals surface area contributed by atoms with Crippen LogP contribution in [0.3, 0.4) is 0 Å². The zero-order chi connectivity index (χ0) is 26.3. The molecule has 2 bridgehead atoms. The zero-order valence-corrected chi connectivity index (χ0v) is 21.9. The smallest absolute Gasteiger partial charge is 0.308 e. The molecule has 2 amide bonds. The van der Waals surface area contributed by atoms with E-state index in [0.29, 0.717) is 43.5 Å². The molecule has 4 aliphatic rings. The first-order valence-corrected chi connectivity index (χ1v) is 13.3. The minimum Gasteiger partial charge on any atom is -0.494 e. The molecule has 0 aromatic heterocycles. The normalized spacial score (nSPS) is 31.5. The summed E-state index contributed by atoms with van der Waals surface area (Å²) in [5, 5.41) is 13.6. The van der Waals surface area contributed by atoms with E-state index in [-0.39, 0.29) is 41.6 Å². The average molecular weight is 515 g/mol. The number of nitrogens with zero attached hydrogens (tertiary/aromatic N) is 3. The molecule has 1 aromatic rings. The summed E-state index contributed by atoms with van der Waals surface area (Å²) in [4.78, 5) is 45.4. The molecule has 2 N–H and O–H groups in total. The van der Waals surface area contributed by atoms with Crippen molar-refractivity contribution in [2.45, 2.75) is 50.3 Å². The van der Waals surface area contributed by atoms with Crippen LogP contribution in [0.5, 0.6) is 5.75 Å². The first-order valence-electron chi connectivity index (χ1n) is 13.3. The van der Waals surface area contributed by atoms with E-state index in [2.05, 4.69) is 22.2 Å². The van der Waals surface area contributed by atoms with Crippen LogP contribution in [0.2, 0.25) is 0 Å². The van der Waals surface area contributed by atoms with Gasteiger partial charge in [-0.15, -0.1) is 0 Å². The van der Waals surface area contributed by atoms with Crippen LogP contribution in [0.4, 0.5) is 11.4 Å². The summed E-state index contributed by atoms with van der Waals surface area (Å²) in [6.07, 6.45) is 2.08. The van der Waals surface area contributed by atoms with E-state index >= 15 is 0 Å². The molecule has 37 heavy (non-hydrogen) atoms. The van der Waals surface area contributed by atoms with Gasteiger partial charge >= 0.3 is 5.97 Å². The summed E-state index contributed by atoms with van der Waals surface area (Å²) < 4.78 is 10.5. The zero-order valence-electron chi connectivity index (χ0n) is 21.9. The van der Waals surface area contributed by atoms with Gasteiger partial charge < -0.3 is 34.6 Å². The molecule has 2 heterocycles. The van der Waals surface area contributed by atoms with Gasteiger partial charge in [0, 0.05) is 43.9 Å². The molecule has 10 nitrogen and oxygen atoms in total. The monoisotopic (exact) mass is 514 g/mol. The minimum atomic E-state index is -0.653. The quantitative estimate of drug-likeness (QED) is 0.547. The number of likely N-dealkylation sites (tertiary alicyclic amines) is 1. The molecular formula is C27H38N4O6. The molecule has 202 valence electrons. The van der Waals surface area contributed by atoms with Gasteiger partial charge in [-0.25, -0.2) is 0 Å². The Hall–Kier alpha value is -2.85. The number of anilines is 2. The highest BCUT2D eigenvalue weighted by Gasteiger charge is 2.56. The molecule has 6 atom stereocenters. The Bertz CT molecular complexity index is 1040. The Morgan fingerprint density at radius 1 is 1.00 bits per heavy atom. The molecule has 2 aliphatic carbocycles. The van der Waals surface area contributed by atoms with Gasteiger partial charge in [-0.2, -0.15) is 0 Å². The number of esters is 1. The van der Waals surface area contributed by atoms with Gasteiger partial charge in [-0.05, 0) is 57.2 Å². The van der Waals surface area contributed by atoms with Crippen molar-refractivity contribution in [3.8, 4) is 5.75 Å². The SMILES string of the molecule is COC(=O)C1CCC(C(=O)N2C3CC(C[C@H]3O)[C@H]2C(=O)Nc2ccc(N3CCN(C)CC3)cc2OC)C1. The lowest BCUT2D eigenvalue weighted by atomic mass is 9.94. The van der Waals surface area contributed by atoms with Crippen molar-refractivity contribution in [1.29, 1.82) is 0 Å². The molecule has 0 radical (unpaired) electrons. The van der Waals surface area contributed by atoms with Gasteiger partial charge in [-0.1, -0.05) is 0 Å². The second kappa shape index (κ2) is 10.5.